The molecule has 0 spiro atoms. The molecule has 1 aromatic heterocycles. The number of nitrogens with one attached hydrogen (secondary N) is 2. The SMILES string of the molecule is CCc1cc(C(=O)N[C@H](C)c2ccccc2)ccc1-c1cc(NC(=O)CCc2ccccc2)ncc1C. The highest BCUT2D eigenvalue weighted by molar-refractivity contribution is 5.96. The number of carbonyl (C=O) groups excluding carboxylic acids is 2. The summed E-state index contributed by atoms with van der Waals surface area (Å²) in [6.45, 7) is 6.07. The van der Waals surface area contributed by atoms with Gasteiger partial charge in [-0.3, -0.25) is 9.59 Å². The van der Waals surface area contributed by atoms with Crippen LogP contribution in [0.25, 0.3) is 11.1 Å². The number of hydrogen-bond acceptors (Lipinski definition) is 3. The second-order valence-electron chi connectivity index (χ2n) is 9.25. The number of pyridine rings is 1. The van der Waals surface area contributed by atoms with Gasteiger partial charge in [0.05, 0.1) is 6.04 Å². The van der Waals surface area contributed by atoms with Crippen LogP contribution in [0.1, 0.15) is 58.9 Å². The molecule has 37 heavy (non-hydrogen) atoms. The maximum Gasteiger partial charge on any atom is 0.251 e. The lowest BCUT2D eigenvalue weighted by Gasteiger charge is -2.17. The summed E-state index contributed by atoms with van der Waals surface area (Å²) in [5.41, 5.74) is 6.93. The van der Waals surface area contributed by atoms with Crippen molar-refractivity contribution in [2.45, 2.75) is 46.1 Å². The number of anilines is 1. The van der Waals surface area contributed by atoms with Crippen LogP contribution in [0.4, 0.5) is 5.82 Å². The van der Waals surface area contributed by atoms with Gasteiger partial charge in [-0.1, -0.05) is 73.7 Å². The van der Waals surface area contributed by atoms with Gasteiger partial charge in [-0.25, -0.2) is 4.98 Å². The minimum absolute atomic E-state index is 0.0681. The average Bonchev–Trinajstić information content (AvgIpc) is 2.93. The third-order valence-corrected chi connectivity index (χ3v) is 6.54. The van der Waals surface area contributed by atoms with Gasteiger partial charge in [0.25, 0.3) is 5.91 Å². The number of nitrogens with zero attached hydrogens (tertiary/aromatic N) is 1. The van der Waals surface area contributed by atoms with Crippen molar-refractivity contribution in [1.82, 2.24) is 10.3 Å². The third-order valence-electron chi connectivity index (χ3n) is 6.54. The van der Waals surface area contributed by atoms with Crippen molar-refractivity contribution in [1.29, 1.82) is 0 Å². The maximum absolute atomic E-state index is 13.0. The third kappa shape index (κ3) is 6.70. The van der Waals surface area contributed by atoms with Crippen LogP contribution in [0.2, 0.25) is 0 Å². The summed E-state index contributed by atoms with van der Waals surface area (Å²) in [4.78, 5) is 30.0. The summed E-state index contributed by atoms with van der Waals surface area (Å²) in [7, 11) is 0. The van der Waals surface area contributed by atoms with E-state index in [4.69, 9.17) is 0 Å². The second-order valence-corrected chi connectivity index (χ2v) is 9.25. The number of carbonyl (C=O) groups is 2. The molecule has 0 aliphatic heterocycles. The predicted octanol–water partition coefficient (Wildman–Crippen LogP) is 6.68. The van der Waals surface area contributed by atoms with Crippen LogP contribution in [-0.2, 0) is 17.6 Å². The fourth-order valence-electron chi connectivity index (χ4n) is 4.39. The van der Waals surface area contributed by atoms with Crippen molar-refractivity contribution in [3.63, 3.8) is 0 Å². The highest BCUT2D eigenvalue weighted by Gasteiger charge is 2.15. The van der Waals surface area contributed by atoms with Crippen molar-refractivity contribution in [3.8, 4) is 11.1 Å². The molecule has 0 saturated heterocycles. The zero-order valence-electron chi connectivity index (χ0n) is 21.6. The Hall–Kier alpha value is -4.25. The normalized spacial score (nSPS) is 11.5. The van der Waals surface area contributed by atoms with Crippen LogP contribution in [0.5, 0.6) is 0 Å². The Morgan fingerprint density at radius 3 is 2.30 bits per heavy atom. The van der Waals surface area contributed by atoms with E-state index in [0.29, 0.717) is 24.2 Å². The molecule has 4 aromatic rings. The number of hydrogen-bond donors (Lipinski definition) is 2. The Labute approximate surface area is 219 Å². The molecular formula is C32H33N3O2. The van der Waals surface area contributed by atoms with E-state index in [-0.39, 0.29) is 17.9 Å². The van der Waals surface area contributed by atoms with Crippen LogP contribution < -0.4 is 10.6 Å². The summed E-state index contributed by atoms with van der Waals surface area (Å²) in [6, 6.07) is 27.5. The lowest BCUT2D eigenvalue weighted by atomic mass is 9.93. The molecule has 0 saturated carbocycles. The van der Waals surface area contributed by atoms with Crippen LogP contribution in [-0.4, -0.2) is 16.8 Å². The molecule has 0 aliphatic rings. The smallest absolute Gasteiger partial charge is 0.251 e. The number of aromatic nitrogens is 1. The van der Waals surface area contributed by atoms with Gasteiger partial charge in [0.15, 0.2) is 0 Å². The molecule has 2 amide bonds. The van der Waals surface area contributed by atoms with Gasteiger partial charge >= 0.3 is 0 Å². The molecule has 0 fully saturated rings. The Morgan fingerprint density at radius 1 is 0.892 bits per heavy atom. The molecule has 1 atom stereocenters. The first kappa shape index (κ1) is 25.8. The Morgan fingerprint density at radius 2 is 1.59 bits per heavy atom. The summed E-state index contributed by atoms with van der Waals surface area (Å²) < 4.78 is 0. The molecule has 188 valence electrons. The number of aryl methyl sites for hydroxylation is 3. The van der Waals surface area contributed by atoms with Crippen molar-refractivity contribution in [2.75, 3.05) is 5.32 Å². The van der Waals surface area contributed by atoms with Crippen LogP contribution in [0.3, 0.4) is 0 Å². The highest BCUT2D eigenvalue weighted by Crippen LogP contribution is 2.30. The summed E-state index contributed by atoms with van der Waals surface area (Å²) in [5.74, 6) is 0.357. The lowest BCUT2D eigenvalue weighted by molar-refractivity contribution is -0.116. The summed E-state index contributed by atoms with van der Waals surface area (Å²) >= 11 is 0. The van der Waals surface area contributed by atoms with Gasteiger partial charge in [-0.2, -0.15) is 0 Å². The van der Waals surface area contributed by atoms with Gasteiger partial charge in [-0.15, -0.1) is 0 Å². The molecule has 5 heteroatoms. The minimum Gasteiger partial charge on any atom is -0.346 e. The summed E-state index contributed by atoms with van der Waals surface area (Å²) in [5, 5.41) is 6.03. The fourth-order valence-corrected chi connectivity index (χ4v) is 4.39. The molecule has 2 N–H and O–H groups in total. The van der Waals surface area contributed by atoms with Gasteiger partial charge in [0.2, 0.25) is 5.91 Å². The topological polar surface area (TPSA) is 71.1 Å². The molecule has 5 nitrogen and oxygen atoms in total. The van der Waals surface area contributed by atoms with Crippen molar-refractivity contribution in [2.24, 2.45) is 0 Å². The maximum atomic E-state index is 13.0. The van der Waals surface area contributed by atoms with E-state index >= 15 is 0 Å². The molecule has 3 aromatic carbocycles. The van der Waals surface area contributed by atoms with E-state index in [9.17, 15) is 9.59 Å². The highest BCUT2D eigenvalue weighted by atomic mass is 16.2. The van der Waals surface area contributed by atoms with E-state index in [0.717, 1.165) is 39.8 Å². The van der Waals surface area contributed by atoms with Crippen molar-refractivity contribution < 1.29 is 9.59 Å². The van der Waals surface area contributed by atoms with E-state index < -0.39 is 0 Å². The monoisotopic (exact) mass is 491 g/mol. The van der Waals surface area contributed by atoms with Crippen LogP contribution in [0, 0.1) is 6.92 Å². The molecule has 4 rings (SSSR count). The molecule has 0 unspecified atom stereocenters. The zero-order chi connectivity index (χ0) is 26.2. The number of amides is 2. The van der Waals surface area contributed by atoms with Gasteiger partial charge < -0.3 is 10.6 Å². The Bertz CT molecular complexity index is 1370. The lowest BCUT2D eigenvalue weighted by Crippen LogP contribution is -2.26. The first-order valence-corrected chi connectivity index (χ1v) is 12.7. The Balaban J connectivity index is 1.49. The van der Waals surface area contributed by atoms with Gasteiger partial charge in [0, 0.05) is 18.2 Å². The quantitative estimate of drug-likeness (QED) is 0.274. The predicted molar refractivity (Wildman–Crippen MR) is 150 cm³/mol. The van der Waals surface area contributed by atoms with Crippen LogP contribution in [0.15, 0.2) is 91.1 Å². The number of benzene rings is 3. The molecular weight excluding hydrogens is 458 g/mol. The van der Waals surface area contributed by atoms with Gasteiger partial charge in [-0.05, 0) is 78.3 Å². The summed E-state index contributed by atoms with van der Waals surface area (Å²) in [6.07, 6.45) is 3.62. The standard InChI is InChI=1S/C32H33N3O2/c1-4-25-19-27(32(37)34-23(3)26-13-9-6-10-14-26)16-17-28(25)29-20-30(33-21-22(29)2)35-31(36)18-15-24-11-7-5-8-12-24/h5-14,16-17,19-21,23H,4,15,18H2,1-3H3,(H,34,37)(H,33,35,36)/t23-/m1/s1. The fraction of sp³-hybridized carbons (Fsp3) is 0.219. The second kappa shape index (κ2) is 12.1. The van der Waals surface area contributed by atoms with Crippen LogP contribution >= 0.6 is 0 Å². The molecule has 0 aliphatic carbocycles. The average molecular weight is 492 g/mol. The minimum atomic E-state index is -0.101. The number of rotatable bonds is 9. The molecule has 0 radical (unpaired) electrons. The van der Waals surface area contributed by atoms with Crippen molar-refractivity contribution in [3.05, 3.63) is 119 Å². The largest absolute Gasteiger partial charge is 0.346 e. The zero-order valence-corrected chi connectivity index (χ0v) is 21.6. The first-order valence-electron chi connectivity index (χ1n) is 12.7. The van der Waals surface area contributed by atoms with Crippen molar-refractivity contribution >= 4 is 17.6 Å². The van der Waals surface area contributed by atoms with E-state index in [1.54, 1.807) is 6.20 Å². The van der Waals surface area contributed by atoms with E-state index in [1.807, 2.05) is 98.8 Å². The first-order chi connectivity index (χ1) is 17.9. The molecule has 0 bridgehead atoms. The molecule has 1 heterocycles. The van der Waals surface area contributed by atoms with E-state index in [2.05, 4.69) is 22.5 Å². The Kier molecular flexibility index (Phi) is 8.47. The van der Waals surface area contributed by atoms with E-state index in [1.165, 1.54) is 0 Å². The van der Waals surface area contributed by atoms with Gasteiger partial charge in [0.1, 0.15) is 5.82 Å².